The fraction of sp³-hybridized carbons (Fsp3) is 0.385. The van der Waals surface area contributed by atoms with E-state index in [0.29, 0.717) is 40.5 Å². The molecule has 2 aromatic rings. The molecular formula is C13H15Cl2N3O2. The summed E-state index contributed by atoms with van der Waals surface area (Å²) < 4.78 is 10.5. The van der Waals surface area contributed by atoms with Crippen molar-refractivity contribution in [2.45, 2.75) is 19.4 Å². The lowest BCUT2D eigenvalue weighted by Gasteiger charge is -2.06. The maximum absolute atomic E-state index is 5.95. The number of nitrogens with two attached hydrogens (primary N) is 1. The van der Waals surface area contributed by atoms with E-state index in [4.69, 9.17) is 38.2 Å². The molecule has 7 heteroatoms. The molecular weight excluding hydrogens is 301 g/mol. The highest BCUT2D eigenvalue weighted by Gasteiger charge is 2.16. The SMILES string of the molecule is CCCOCC(N)c1noc(-c2ccc(Cl)c(Cl)c2)n1. The minimum absolute atomic E-state index is 0.351. The smallest absolute Gasteiger partial charge is 0.258 e. The highest BCUT2D eigenvalue weighted by Crippen LogP contribution is 2.27. The molecule has 0 saturated carbocycles. The highest BCUT2D eigenvalue weighted by molar-refractivity contribution is 6.42. The van der Waals surface area contributed by atoms with Gasteiger partial charge in [0.15, 0.2) is 5.82 Å². The molecule has 5 nitrogen and oxygen atoms in total. The van der Waals surface area contributed by atoms with Crippen LogP contribution in [0.2, 0.25) is 10.0 Å². The van der Waals surface area contributed by atoms with E-state index in [0.717, 1.165) is 6.42 Å². The average molecular weight is 316 g/mol. The van der Waals surface area contributed by atoms with E-state index < -0.39 is 6.04 Å². The first-order valence-electron chi connectivity index (χ1n) is 6.24. The Bertz CT molecular complexity index is 574. The van der Waals surface area contributed by atoms with E-state index in [2.05, 4.69) is 10.1 Å². The Morgan fingerprint density at radius 3 is 2.85 bits per heavy atom. The summed E-state index contributed by atoms with van der Waals surface area (Å²) in [6.45, 7) is 3.04. The van der Waals surface area contributed by atoms with Crippen molar-refractivity contribution in [1.29, 1.82) is 0 Å². The van der Waals surface area contributed by atoms with Gasteiger partial charge in [-0.25, -0.2) is 0 Å². The molecule has 0 spiro atoms. The molecule has 1 unspecified atom stereocenters. The predicted molar refractivity (Wildman–Crippen MR) is 77.8 cm³/mol. The minimum Gasteiger partial charge on any atom is -0.379 e. The second kappa shape index (κ2) is 7.04. The predicted octanol–water partition coefficient (Wildman–Crippen LogP) is 3.47. The molecule has 0 aliphatic rings. The van der Waals surface area contributed by atoms with E-state index in [1.165, 1.54) is 0 Å². The number of hydrogen-bond donors (Lipinski definition) is 1. The maximum Gasteiger partial charge on any atom is 0.258 e. The van der Waals surface area contributed by atoms with Crippen LogP contribution >= 0.6 is 23.2 Å². The minimum atomic E-state index is -0.415. The zero-order valence-corrected chi connectivity index (χ0v) is 12.5. The molecule has 1 aromatic heterocycles. The normalized spacial score (nSPS) is 12.6. The van der Waals surface area contributed by atoms with Gasteiger partial charge in [0, 0.05) is 12.2 Å². The van der Waals surface area contributed by atoms with E-state index >= 15 is 0 Å². The third-order valence-electron chi connectivity index (χ3n) is 2.59. The number of rotatable bonds is 6. The Kier molecular flexibility index (Phi) is 5.37. The van der Waals surface area contributed by atoms with Gasteiger partial charge < -0.3 is 15.0 Å². The fourth-order valence-corrected chi connectivity index (χ4v) is 1.86. The molecule has 2 rings (SSSR count). The van der Waals surface area contributed by atoms with Gasteiger partial charge in [0.25, 0.3) is 5.89 Å². The summed E-state index contributed by atoms with van der Waals surface area (Å²) in [4.78, 5) is 4.25. The number of halogens is 2. The Balaban J connectivity index is 2.09. The first kappa shape index (κ1) is 15.3. The zero-order valence-electron chi connectivity index (χ0n) is 11.0. The third-order valence-corrected chi connectivity index (χ3v) is 3.32. The summed E-state index contributed by atoms with van der Waals surface area (Å²) in [6, 6.07) is 4.68. The summed E-state index contributed by atoms with van der Waals surface area (Å²) in [6.07, 6.45) is 0.938. The quantitative estimate of drug-likeness (QED) is 0.826. The monoisotopic (exact) mass is 315 g/mol. The molecule has 0 amide bonds. The number of benzene rings is 1. The van der Waals surface area contributed by atoms with Crippen molar-refractivity contribution in [2.75, 3.05) is 13.2 Å². The highest BCUT2D eigenvalue weighted by atomic mass is 35.5. The second-order valence-corrected chi connectivity index (χ2v) is 5.08. The van der Waals surface area contributed by atoms with Crippen molar-refractivity contribution in [3.8, 4) is 11.5 Å². The van der Waals surface area contributed by atoms with E-state index in [1.54, 1.807) is 18.2 Å². The molecule has 1 atom stereocenters. The van der Waals surface area contributed by atoms with Crippen molar-refractivity contribution in [3.63, 3.8) is 0 Å². The molecule has 0 aliphatic carbocycles. The summed E-state index contributed by atoms with van der Waals surface area (Å²) in [5.74, 6) is 0.756. The van der Waals surface area contributed by atoms with Gasteiger partial charge in [0.2, 0.25) is 0 Å². The molecule has 1 aromatic carbocycles. The van der Waals surface area contributed by atoms with E-state index in [-0.39, 0.29) is 0 Å². The molecule has 0 fully saturated rings. The lowest BCUT2D eigenvalue weighted by molar-refractivity contribution is 0.119. The van der Waals surface area contributed by atoms with Gasteiger partial charge in [-0.15, -0.1) is 0 Å². The zero-order chi connectivity index (χ0) is 14.5. The van der Waals surface area contributed by atoms with Crippen molar-refractivity contribution in [1.82, 2.24) is 10.1 Å². The standard InChI is InChI=1S/C13H15Cl2N3O2/c1-2-5-19-7-11(16)12-17-13(20-18-12)8-3-4-9(14)10(15)6-8/h3-4,6,11H,2,5,7,16H2,1H3. The first-order chi connectivity index (χ1) is 9.61. The number of ether oxygens (including phenoxy) is 1. The van der Waals surface area contributed by atoms with Gasteiger partial charge in [-0.05, 0) is 24.6 Å². The summed E-state index contributed by atoms with van der Waals surface area (Å²) in [5.41, 5.74) is 6.62. The lowest BCUT2D eigenvalue weighted by Crippen LogP contribution is -2.18. The second-order valence-electron chi connectivity index (χ2n) is 4.27. The third kappa shape index (κ3) is 3.70. The van der Waals surface area contributed by atoms with Gasteiger partial charge in [-0.3, -0.25) is 0 Å². The van der Waals surface area contributed by atoms with Gasteiger partial charge in [-0.1, -0.05) is 35.3 Å². The number of nitrogens with zero attached hydrogens (tertiary/aromatic N) is 2. The molecule has 1 heterocycles. The molecule has 0 saturated heterocycles. The molecule has 0 aliphatic heterocycles. The van der Waals surface area contributed by atoms with Gasteiger partial charge in [0.1, 0.15) is 0 Å². The molecule has 0 bridgehead atoms. The van der Waals surface area contributed by atoms with Crippen LogP contribution in [0.5, 0.6) is 0 Å². The summed E-state index contributed by atoms with van der Waals surface area (Å²) in [5, 5.41) is 4.76. The van der Waals surface area contributed by atoms with E-state index in [1.807, 2.05) is 6.92 Å². The van der Waals surface area contributed by atoms with Crippen LogP contribution in [0, 0.1) is 0 Å². The van der Waals surface area contributed by atoms with Crippen LogP contribution < -0.4 is 5.73 Å². The lowest BCUT2D eigenvalue weighted by atomic mass is 10.2. The Morgan fingerprint density at radius 2 is 2.15 bits per heavy atom. The summed E-state index contributed by atoms with van der Waals surface area (Å²) >= 11 is 11.8. The maximum atomic E-state index is 5.95. The van der Waals surface area contributed by atoms with Crippen molar-refractivity contribution >= 4 is 23.2 Å². The Labute approximate surface area is 127 Å². The topological polar surface area (TPSA) is 74.2 Å². The Morgan fingerprint density at radius 1 is 1.35 bits per heavy atom. The van der Waals surface area contributed by atoms with Crippen molar-refractivity contribution < 1.29 is 9.26 Å². The van der Waals surface area contributed by atoms with Crippen molar-refractivity contribution in [2.24, 2.45) is 5.73 Å². The first-order valence-corrected chi connectivity index (χ1v) is 6.99. The van der Waals surface area contributed by atoms with Gasteiger partial charge >= 0.3 is 0 Å². The van der Waals surface area contributed by atoms with Crippen LogP contribution in [-0.2, 0) is 4.74 Å². The van der Waals surface area contributed by atoms with Crippen LogP contribution in [0.15, 0.2) is 22.7 Å². The average Bonchev–Trinajstić information content (AvgIpc) is 2.92. The van der Waals surface area contributed by atoms with Crippen LogP contribution in [0.25, 0.3) is 11.5 Å². The molecule has 2 N–H and O–H groups in total. The van der Waals surface area contributed by atoms with Crippen LogP contribution in [0.4, 0.5) is 0 Å². The fourth-order valence-electron chi connectivity index (χ4n) is 1.56. The number of hydrogen-bond acceptors (Lipinski definition) is 5. The Hall–Kier alpha value is -1.14. The largest absolute Gasteiger partial charge is 0.379 e. The van der Waals surface area contributed by atoms with E-state index in [9.17, 15) is 0 Å². The molecule has 108 valence electrons. The van der Waals surface area contributed by atoms with Crippen LogP contribution in [0.3, 0.4) is 0 Å². The van der Waals surface area contributed by atoms with Crippen LogP contribution in [-0.4, -0.2) is 23.4 Å². The van der Waals surface area contributed by atoms with Gasteiger partial charge in [0.05, 0.1) is 22.7 Å². The van der Waals surface area contributed by atoms with Gasteiger partial charge in [-0.2, -0.15) is 4.98 Å². The van der Waals surface area contributed by atoms with Crippen molar-refractivity contribution in [3.05, 3.63) is 34.1 Å². The molecule has 0 radical (unpaired) electrons. The van der Waals surface area contributed by atoms with Crippen LogP contribution in [0.1, 0.15) is 25.2 Å². The molecule has 20 heavy (non-hydrogen) atoms. The number of aromatic nitrogens is 2. The summed E-state index contributed by atoms with van der Waals surface area (Å²) in [7, 11) is 0.